The van der Waals surface area contributed by atoms with E-state index in [4.69, 9.17) is 0 Å². The summed E-state index contributed by atoms with van der Waals surface area (Å²) in [5.41, 5.74) is -0.00130. The number of carbonyl (C=O) groups excluding carboxylic acids is 6. The van der Waals surface area contributed by atoms with E-state index in [9.17, 15) is 54.1 Å². The first-order chi connectivity index (χ1) is 30.9. The van der Waals surface area contributed by atoms with E-state index in [1.807, 2.05) is 19.9 Å². The summed E-state index contributed by atoms with van der Waals surface area (Å²) in [6.45, 7) is 7.19. The topological polar surface area (TPSA) is 284 Å². The number of non-ortho nitro benzene ring substituents is 1. The molecule has 0 spiro atoms. The highest BCUT2D eigenvalue weighted by Crippen LogP contribution is 2.30. The van der Waals surface area contributed by atoms with Crippen LogP contribution in [0.1, 0.15) is 70.9 Å². The molecule has 3 aromatic carbocycles. The first kappa shape index (κ1) is 48.9. The summed E-state index contributed by atoms with van der Waals surface area (Å²) >= 11 is 0. The fourth-order valence-corrected chi connectivity index (χ4v) is 7.93. The molecule has 20 nitrogen and oxygen atoms in total. The van der Waals surface area contributed by atoms with E-state index >= 15 is 0 Å². The molecule has 6 amide bonds. The standard InChI is InChI=1S/C45H57N9O11/c1-26(2)22-34-42(58)51-36(24-28-10-6-5-7-11-28)45(61)52-21-9-13-37(52)43(59)50-35(23-29-14-17-31(55)18-15-29)40(56)46-20-8-12-33(41(57)49-34)48-44(60)39(27(3)4)47-32-19-16-30(53(62)63)25-38(32)54(64)65/h5-7,10-11,14-19,25-27,33-37,39,47,55H,8-9,12-13,20-24H2,1-4H3,(H,46,56)(H,48,60)(H,49,57)(H,50,59)(H,51,58)/t33-,34-,35+,36+,37-,39-/m0/s1. The fraction of sp³-hybridized carbons (Fsp3) is 0.467. The quantitative estimate of drug-likeness (QED) is 0.0963. The molecule has 2 aliphatic rings. The van der Waals surface area contributed by atoms with Gasteiger partial charge in [-0.15, -0.1) is 0 Å². The molecule has 2 aliphatic heterocycles. The summed E-state index contributed by atoms with van der Waals surface area (Å²) in [7, 11) is 0. The molecule has 0 aromatic heterocycles. The molecule has 0 aliphatic carbocycles. The van der Waals surface area contributed by atoms with Gasteiger partial charge in [-0.3, -0.25) is 49.0 Å². The van der Waals surface area contributed by atoms with Gasteiger partial charge in [0.2, 0.25) is 35.4 Å². The van der Waals surface area contributed by atoms with Gasteiger partial charge in [0.1, 0.15) is 47.7 Å². The number of carbonyl (C=O) groups is 6. The minimum Gasteiger partial charge on any atom is -0.508 e. The normalized spacial score (nSPS) is 21.8. The Balaban J connectivity index is 1.49. The van der Waals surface area contributed by atoms with Gasteiger partial charge in [0.05, 0.1) is 15.9 Å². The molecule has 0 unspecified atom stereocenters. The Morgan fingerprint density at radius 2 is 1.42 bits per heavy atom. The van der Waals surface area contributed by atoms with Crippen LogP contribution in [0.4, 0.5) is 17.1 Å². The number of phenolic OH excluding ortho intramolecular Hbond substituents is 1. The highest BCUT2D eigenvalue weighted by atomic mass is 16.6. The number of aromatic hydroxyl groups is 1. The van der Waals surface area contributed by atoms with E-state index in [-0.39, 0.29) is 62.5 Å². The molecule has 20 heteroatoms. The van der Waals surface area contributed by atoms with Crippen LogP contribution < -0.4 is 31.9 Å². The molecule has 6 atom stereocenters. The zero-order valence-electron chi connectivity index (χ0n) is 36.8. The maximum Gasteiger partial charge on any atom is 0.299 e. The predicted octanol–water partition coefficient (Wildman–Crippen LogP) is 3.02. The van der Waals surface area contributed by atoms with Gasteiger partial charge in [0, 0.05) is 32.0 Å². The highest BCUT2D eigenvalue weighted by molar-refractivity contribution is 5.97. The Bertz CT molecular complexity index is 2220. The van der Waals surface area contributed by atoms with E-state index in [1.165, 1.54) is 17.0 Å². The molecule has 5 rings (SSSR count). The third kappa shape index (κ3) is 13.4. The number of amides is 6. The molecule has 0 saturated carbocycles. The van der Waals surface area contributed by atoms with E-state index in [2.05, 4.69) is 31.9 Å². The summed E-state index contributed by atoms with van der Waals surface area (Å²) in [5, 5.41) is 50.0. The number of nitro benzene ring substituents is 2. The van der Waals surface area contributed by atoms with Crippen LogP contribution in [0.25, 0.3) is 0 Å². The van der Waals surface area contributed by atoms with Crippen LogP contribution in [0.15, 0.2) is 72.8 Å². The van der Waals surface area contributed by atoms with Crippen LogP contribution in [-0.4, -0.2) is 105 Å². The molecule has 0 bridgehead atoms. The Kier molecular flexibility index (Phi) is 16.9. The van der Waals surface area contributed by atoms with E-state index in [0.29, 0.717) is 18.4 Å². The number of nitro groups is 2. The molecule has 2 heterocycles. The van der Waals surface area contributed by atoms with Gasteiger partial charge in [0.15, 0.2) is 0 Å². The summed E-state index contributed by atoms with van der Waals surface area (Å²) < 4.78 is 0. The zero-order valence-corrected chi connectivity index (χ0v) is 36.8. The third-order valence-corrected chi connectivity index (χ3v) is 11.3. The first-order valence-corrected chi connectivity index (χ1v) is 21.7. The van der Waals surface area contributed by atoms with Crippen molar-refractivity contribution >= 4 is 52.5 Å². The minimum atomic E-state index is -1.32. The number of benzene rings is 3. The van der Waals surface area contributed by atoms with Crippen LogP contribution >= 0.6 is 0 Å². The van der Waals surface area contributed by atoms with Crippen molar-refractivity contribution in [2.24, 2.45) is 11.8 Å². The van der Waals surface area contributed by atoms with Crippen molar-refractivity contribution in [1.29, 1.82) is 0 Å². The summed E-state index contributed by atoms with van der Waals surface area (Å²) in [4.78, 5) is 108. The minimum absolute atomic E-state index is 0.00794. The Morgan fingerprint density at radius 3 is 2.06 bits per heavy atom. The number of rotatable bonds is 13. The maximum absolute atomic E-state index is 14.5. The van der Waals surface area contributed by atoms with E-state index in [0.717, 1.165) is 23.8 Å². The van der Waals surface area contributed by atoms with Gasteiger partial charge in [-0.25, -0.2) is 0 Å². The smallest absolute Gasteiger partial charge is 0.299 e. The second-order valence-corrected chi connectivity index (χ2v) is 17.1. The average Bonchev–Trinajstić information content (AvgIpc) is 3.76. The average molecular weight is 900 g/mol. The number of hydrogen-bond acceptors (Lipinski definition) is 12. The van der Waals surface area contributed by atoms with Crippen molar-refractivity contribution in [2.75, 3.05) is 18.4 Å². The van der Waals surface area contributed by atoms with Crippen LogP contribution in [0.3, 0.4) is 0 Å². The molecule has 65 heavy (non-hydrogen) atoms. The molecule has 2 saturated heterocycles. The molecular weight excluding hydrogens is 843 g/mol. The van der Waals surface area contributed by atoms with Crippen LogP contribution in [-0.2, 0) is 41.6 Å². The van der Waals surface area contributed by atoms with Gasteiger partial charge in [0.25, 0.3) is 11.4 Å². The molecule has 0 radical (unpaired) electrons. The van der Waals surface area contributed by atoms with Gasteiger partial charge in [-0.2, -0.15) is 0 Å². The van der Waals surface area contributed by atoms with Gasteiger partial charge < -0.3 is 41.9 Å². The van der Waals surface area contributed by atoms with Crippen molar-refractivity contribution < 1.29 is 43.7 Å². The van der Waals surface area contributed by atoms with Crippen molar-refractivity contribution in [3.8, 4) is 5.75 Å². The molecule has 7 N–H and O–H groups in total. The molecular formula is C45H57N9O11. The SMILES string of the molecule is CC(C)C[C@@H]1NC(=O)[C@@H](NC(=O)[C@@H](Nc2ccc([N+](=O)[O-])cc2[N+](=O)[O-])C(C)C)CCCNC(=O)[C@@H](Cc2ccc(O)cc2)NC(=O)[C@@H]2CCCN2C(=O)[C@@H](Cc2ccccc2)NC1=O. The monoisotopic (exact) mass is 899 g/mol. The largest absolute Gasteiger partial charge is 0.508 e. The fourth-order valence-electron chi connectivity index (χ4n) is 7.93. The molecule has 3 aromatic rings. The van der Waals surface area contributed by atoms with Gasteiger partial charge in [-0.05, 0) is 73.3 Å². The van der Waals surface area contributed by atoms with Crippen molar-refractivity contribution in [1.82, 2.24) is 31.5 Å². The Labute approximate surface area is 376 Å². The van der Waals surface area contributed by atoms with Gasteiger partial charge >= 0.3 is 0 Å². The number of nitrogens with one attached hydrogen (secondary N) is 6. The van der Waals surface area contributed by atoms with Crippen LogP contribution in [0.2, 0.25) is 0 Å². The second-order valence-electron chi connectivity index (χ2n) is 17.1. The van der Waals surface area contributed by atoms with Crippen molar-refractivity contribution in [3.63, 3.8) is 0 Å². The summed E-state index contributed by atoms with van der Waals surface area (Å²) in [6, 6.07) is 11.1. The summed E-state index contributed by atoms with van der Waals surface area (Å²) in [5.74, 6) is -4.48. The first-order valence-electron chi connectivity index (χ1n) is 21.7. The Hall–Kier alpha value is -7.12. The lowest BCUT2D eigenvalue weighted by Crippen LogP contribution is -2.60. The number of nitrogens with zero attached hydrogens (tertiary/aromatic N) is 3. The Morgan fingerprint density at radius 1 is 0.769 bits per heavy atom. The highest BCUT2D eigenvalue weighted by Gasteiger charge is 2.40. The lowest BCUT2D eigenvalue weighted by Gasteiger charge is -2.31. The number of fused-ring (bicyclic) bond motifs is 1. The second kappa shape index (κ2) is 22.5. The number of anilines is 1. The van der Waals surface area contributed by atoms with Crippen LogP contribution in [0.5, 0.6) is 5.75 Å². The molecule has 348 valence electrons. The lowest BCUT2D eigenvalue weighted by atomic mass is 9.99. The zero-order chi connectivity index (χ0) is 47.4. The predicted molar refractivity (Wildman–Crippen MR) is 238 cm³/mol. The third-order valence-electron chi connectivity index (χ3n) is 11.3. The van der Waals surface area contributed by atoms with E-state index < -0.39 is 98.8 Å². The maximum atomic E-state index is 14.5. The van der Waals surface area contributed by atoms with E-state index in [1.54, 1.807) is 50.2 Å². The number of phenols is 1. The van der Waals surface area contributed by atoms with Crippen molar-refractivity contribution in [2.45, 2.75) is 109 Å². The molecule has 2 fully saturated rings. The van der Waals surface area contributed by atoms with Crippen LogP contribution in [0, 0.1) is 32.1 Å². The lowest BCUT2D eigenvalue weighted by molar-refractivity contribution is -0.393. The van der Waals surface area contributed by atoms with Gasteiger partial charge in [-0.1, -0.05) is 70.2 Å². The summed E-state index contributed by atoms with van der Waals surface area (Å²) in [6.07, 6.45) is 1.06. The number of hydrogen-bond donors (Lipinski definition) is 7. The van der Waals surface area contributed by atoms with Crippen molar-refractivity contribution in [3.05, 3.63) is 104 Å².